The molecule has 0 bridgehead atoms. The Morgan fingerprint density at radius 3 is 2.62 bits per heavy atom. The molecule has 2 rings (SSSR count). The van der Waals surface area contributed by atoms with Crippen LogP contribution >= 0.6 is 0 Å². The molecule has 0 saturated heterocycles. The zero-order chi connectivity index (χ0) is 15.6. The third-order valence-electron chi connectivity index (χ3n) is 4.26. The topological polar surface area (TPSA) is 67.2 Å². The first kappa shape index (κ1) is 16.5. The molecule has 6 nitrogen and oxygen atoms in total. The number of nitrogens with zero attached hydrogens (tertiary/aromatic N) is 3. The van der Waals surface area contributed by atoms with E-state index in [9.17, 15) is 8.42 Å². The Kier molecular flexibility index (Phi) is 5.06. The van der Waals surface area contributed by atoms with Gasteiger partial charge in [0.25, 0.3) is 10.2 Å². The number of aromatic nitrogens is 2. The molecule has 1 N–H and O–H groups in total. The maximum atomic E-state index is 12.2. The van der Waals surface area contributed by atoms with E-state index in [1.165, 1.54) is 23.6 Å². The van der Waals surface area contributed by atoms with Crippen LogP contribution in [0.5, 0.6) is 0 Å². The predicted molar refractivity (Wildman–Crippen MR) is 82.9 cm³/mol. The van der Waals surface area contributed by atoms with Crippen molar-refractivity contribution in [2.45, 2.75) is 58.7 Å². The van der Waals surface area contributed by atoms with Gasteiger partial charge in [-0.2, -0.15) is 22.5 Å². The molecule has 1 heterocycles. The summed E-state index contributed by atoms with van der Waals surface area (Å²) in [4.78, 5) is 0. The lowest BCUT2D eigenvalue weighted by Crippen LogP contribution is -2.42. The molecule has 0 amide bonds. The van der Waals surface area contributed by atoms with E-state index in [-0.39, 0.29) is 12.1 Å². The molecule has 0 aromatic carbocycles. The van der Waals surface area contributed by atoms with Crippen molar-refractivity contribution in [3.05, 3.63) is 18.0 Å². The number of rotatable bonds is 7. The Bertz CT molecular complexity index is 563. The minimum Gasteiger partial charge on any atom is -0.272 e. The van der Waals surface area contributed by atoms with Crippen LogP contribution in [0.1, 0.15) is 51.6 Å². The first-order valence-electron chi connectivity index (χ1n) is 7.57. The second kappa shape index (κ2) is 6.46. The molecule has 1 aromatic rings. The van der Waals surface area contributed by atoms with Gasteiger partial charge in [-0.05, 0) is 39.5 Å². The fourth-order valence-electron chi connectivity index (χ4n) is 2.30. The fourth-order valence-corrected chi connectivity index (χ4v) is 3.60. The minimum absolute atomic E-state index is 0.0731. The van der Waals surface area contributed by atoms with Crippen molar-refractivity contribution in [1.29, 1.82) is 0 Å². The minimum atomic E-state index is -3.47. The number of hydrogen-bond donors (Lipinski definition) is 1. The lowest BCUT2D eigenvalue weighted by atomic mass is 9.85. The first-order chi connectivity index (χ1) is 9.79. The van der Waals surface area contributed by atoms with Gasteiger partial charge in [-0.25, -0.2) is 0 Å². The smallest absolute Gasteiger partial charge is 0.272 e. The van der Waals surface area contributed by atoms with Crippen molar-refractivity contribution in [2.24, 2.45) is 5.92 Å². The highest BCUT2D eigenvalue weighted by Crippen LogP contribution is 2.27. The molecule has 1 aliphatic carbocycles. The largest absolute Gasteiger partial charge is 0.279 e. The van der Waals surface area contributed by atoms with E-state index in [2.05, 4.69) is 9.82 Å². The third kappa shape index (κ3) is 4.05. The summed E-state index contributed by atoms with van der Waals surface area (Å²) in [5.74, 6) is 0.733. The van der Waals surface area contributed by atoms with Crippen LogP contribution < -0.4 is 4.72 Å². The molecule has 21 heavy (non-hydrogen) atoms. The van der Waals surface area contributed by atoms with Gasteiger partial charge in [-0.15, -0.1) is 0 Å². The van der Waals surface area contributed by atoms with Crippen LogP contribution in [0, 0.1) is 5.92 Å². The normalized spacial score (nSPS) is 18.2. The second-order valence-corrected chi connectivity index (χ2v) is 8.01. The van der Waals surface area contributed by atoms with Crippen molar-refractivity contribution in [2.75, 3.05) is 7.05 Å². The van der Waals surface area contributed by atoms with E-state index in [0.29, 0.717) is 0 Å². The highest BCUT2D eigenvalue weighted by atomic mass is 32.2. The maximum Gasteiger partial charge on any atom is 0.279 e. The SMILES string of the molecule is CC(NS(=O)(=O)N(C)C(C)C)c1cnn(CC2CCC2)c1. The maximum absolute atomic E-state index is 12.2. The molecular weight excluding hydrogens is 288 g/mol. The second-order valence-electron chi connectivity index (χ2n) is 6.25. The number of nitrogens with one attached hydrogen (secondary N) is 1. The Hall–Kier alpha value is -0.920. The Morgan fingerprint density at radius 1 is 1.43 bits per heavy atom. The van der Waals surface area contributed by atoms with Crippen molar-refractivity contribution in [3.63, 3.8) is 0 Å². The van der Waals surface area contributed by atoms with Gasteiger partial charge in [-0.3, -0.25) is 4.68 Å². The summed E-state index contributed by atoms with van der Waals surface area (Å²) in [6, 6.07) is -0.359. The molecular formula is C14H26N4O2S. The van der Waals surface area contributed by atoms with Gasteiger partial charge in [0.2, 0.25) is 0 Å². The summed E-state index contributed by atoms with van der Waals surface area (Å²) in [5, 5.41) is 4.34. The summed E-state index contributed by atoms with van der Waals surface area (Å²) in [6.45, 7) is 6.48. The highest BCUT2D eigenvalue weighted by Gasteiger charge is 2.24. The lowest BCUT2D eigenvalue weighted by molar-refractivity contribution is 0.266. The van der Waals surface area contributed by atoms with Crippen LogP contribution in [0.25, 0.3) is 0 Å². The monoisotopic (exact) mass is 314 g/mol. The van der Waals surface area contributed by atoms with Crippen LogP contribution in [0.4, 0.5) is 0 Å². The zero-order valence-electron chi connectivity index (χ0n) is 13.3. The molecule has 1 fully saturated rings. The summed E-state index contributed by atoms with van der Waals surface area (Å²) >= 11 is 0. The molecule has 0 radical (unpaired) electrons. The van der Waals surface area contributed by atoms with Gasteiger partial charge in [-0.1, -0.05) is 6.42 Å². The molecule has 0 aliphatic heterocycles. The molecule has 1 saturated carbocycles. The molecule has 1 aliphatic rings. The van der Waals surface area contributed by atoms with Gasteiger partial charge in [0.1, 0.15) is 0 Å². The van der Waals surface area contributed by atoms with E-state index < -0.39 is 10.2 Å². The fraction of sp³-hybridized carbons (Fsp3) is 0.786. The van der Waals surface area contributed by atoms with E-state index in [4.69, 9.17) is 0 Å². The summed E-state index contributed by atoms with van der Waals surface area (Å²) in [5.41, 5.74) is 0.898. The average Bonchev–Trinajstić information content (AvgIpc) is 2.81. The van der Waals surface area contributed by atoms with Crippen molar-refractivity contribution in [1.82, 2.24) is 18.8 Å². The van der Waals surface area contributed by atoms with Gasteiger partial charge >= 0.3 is 0 Å². The molecule has 0 spiro atoms. The molecule has 1 atom stereocenters. The number of hydrogen-bond acceptors (Lipinski definition) is 3. The van der Waals surface area contributed by atoms with Gasteiger partial charge in [0, 0.05) is 37.4 Å². The average molecular weight is 314 g/mol. The van der Waals surface area contributed by atoms with Crippen LogP contribution in [-0.2, 0) is 16.8 Å². The standard InChI is InChI=1S/C14H26N4O2S/c1-11(2)17(4)21(19,20)16-12(3)14-8-15-18(10-14)9-13-6-5-7-13/h8,10-13,16H,5-7,9H2,1-4H3. The van der Waals surface area contributed by atoms with Gasteiger partial charge < -0.3 is 0 Å². The van der Waals surface area contributed by atoms with Crippen molar-refractivity contribution >= 4 is 10.2 Å². The van der Waals surface area contributed by atoms with E-state index >= 15 is 0 Å². The van der Waals surface area contributed by atoms with Crippen LogP contribution in [0.2, 0.25) is 0 Å². The van der Waals surface area contributed by atoms with Crippen LogP contribution in [0.3, 0.4) is 0 Å². The molecule has 1 unspecified atom stereocenters. The Balaban J connectivity index is 1.98. The molecule has 1 aromatic heterocycles. The Morgan fingerprint density at radius 2 is 2.10 bits per heavy atom. The van der Waals surface area contributed by atoms with Crippen LogP contribution in [-0.4, -0.2) is 35.6 Å². The van der Waals surface area contributed by atoms with Crippen LogP contribution in [0.15, 0.2) is 12.4 Å². The summed E-state index contributed by atoms with van der Waals surface area (Å²) in [7, 11) is -1.88. The van der Waals surface area contributed by atoms with E-state index in [1.54, 1.807) is 13.2 Å². The quantitative estimate of drug-likeness (QED) is 0.836. The van der Waals surface area contributed by atoms with E-state index in [0.717, 1.165) is 18.0 Å². The first-order valence-corrected chi connectivity index (χ1v) is 9.01. The summed E-state index contributed by atoms with van der Waals surface area (Å²) < 4.78 is 30.3. The Labute approximate surface area is 127 Å². The zero-order valence-corrected chi connectivity index (χ0v) is 14.1. The molecule has 120 valence electrons. The van der Waals surface area contributed by atoms with E-state index in [1.807, 2.05) is 31.6 Å². The molecule has 7 heteroatoms. The summed E-state index contributed by atoms with van der Waals surface area (Å²) in [6.07, 6.45) is 7.56. The van der Waals surface area contributed by atoms with Crippen molar-refractivity contribution in [3.8, 4) is 0 Å². The van der Waals surface area contributed by atoms with Gasteiger partial charge in [0.15, 0.2) is 0 Å². The highest BCUT2D eigenvalue weighted by molar-refractivity contribution is 7.87. The third-order valence-corrected chi connectivity index (χ3v) is 6.09. The lowest BCUT2D eigenvalue weighted by Gasteiger charge is -2.25. The van der Waals surface area contributed by atoms with Gasteiger partial charge in [0.05, 0.1) is 6.20 Å². The predicted octanol–water partition coefficient (Wildman–Crippen LogP) is 1.92. The van der Waals surface area contributed by atoms with Crippen molar-refractivity contribution < 1.29 is 8.42 Å².